The van der Waals surface area contributed by atoms with Gasteiger partial charge in [0.05, 0.1) is 23.3 Å². The number of nitrogens with zero attached hydrogens (tertiary/aromatic N) is 2. The number of benzene rings is 3. The molecular weight excluding hydrogens is 508 g/mol. The Bertz CT molecular complexity index is 1270. The highest BCUT2D eigenvalue weighted by Gasteiger charge is 2.15. The van der Waals surface area contributed by atoms with Gasteiger partial charge in [0.25, 0.3) is 0 Å². The minimum atomic E-state index is 0.668. The summed E-state index contributed by atoms with van der Waals surface area (Å²) in [5.74, 6) is 1.34. The fraction of sp³-hybridized carbons (Fsp3) is 0.400. The highest BCUT2D eigenvalue weighted by atomic mass is 14.2. The van der Waals surface area contributed by atoms with Gasteiger partial charge < -0.3 is 0 Å². The molecule has 2 atom stereocenters. The monoisotopic (exact) mass is 556 g/mol. The summed E-state index contributed by atoms with van der Waals surface area (Å²) in [6, 6.07) is 25.0. The third-order valence-electron chi connectivity index (χ3n) is 8.50. The van der Waals surface area contributed by atoms with E-state index in [0.717, 1.165) is 24.0 Å². The lowest BCUT2D eigenvalue weighted by atomic mass is 9.84. The molecule has 0 saturated carbocycles. The number of hydrogen-bond donors (Lipinski definition) is 0. The van der Waals surface area contributed by atoms with Crippen LogP contribution in [0.25, 0.3) is 24.3 Å². The van der Waals surface area contributed by atoms with Crippen molar-refractivity contribution in [1.29, 1.82) is 10.5 Å². The second kappa shape index (κ2) is 17.8. The van der Waals surface area contributed by atoms with Gasteiger partial charge in [0.15, 0.2) is 0 Å². The van der Waals surface area contributed by atoms with Gasteiger partial charge in [-0.05, 0) is 82.3 Å². The summed E-state index contributed by atoms with van der Waals surface area (Å²) in [6.45, 7) is 9.21. The maximum absolute atomic E-state index is 9.20. The lowest BCUT2D eigenvalue weighted by Gasteiger charge is -2.21. The molecule has 0 bridgehead atoms. The van der Waals surface area contributed by atoms with Crippen LogP contribution in [-0.2, 0) is 12.8 Å². The minimum Gasteiger partial charge on any atom is -0.192 e. The maximum Gasteiger partial charge on any atom is 0.0991 e. The number of unbranched alkanes of at least 4 members (excludes halogenated alkanes) is 2. The van der Waals surface area contributed by atoms with E-state index < -0.39 is 0 Å². The average Bonchev–Trinajstić information content (AvgIpc) is 3.04. The molecule has 0 aliphatic heterocycles. The molecular formula is C40H48N2. The number of hydrogen-bond acceptors (Lipinski definition) is 2. The molecule has 3 aromatic carbocycles. The van der Waals surface area contributed by atoms with E-state index in [0.29, 0.717) is 23.0 Å². The molecule has 3 rings (SSSR count). The minimum absolute atomic E-state index is 0.668. The molecule has 0 aliphatic rings. The Balaban J connectivity index is 2.09. The Morgan fingerprint density at radius 1 is 0.571 bits per heavy atom. The summed E-state index contributed by atoms with van der Waals surface area (Å²) in [6.07, 6.45) is 21.0. The van der Waals surface area contributed by atoms with E-state index in [2.05, 4.69) is 76.3 Å². The second-order valence-corrected chi connectivity index (χ2v) is 11.6. The predicted octanol–water partition coefficient (Wildman–Crippen LogP) is 11.3. The largest absolute Gasteiger partial charge is 0.192 e. The van der Waals surface area contributed by atoms with Gasteiger partial charge >= 0.3 is 0 Å². The van der Waals surface area contributed by atoms with E-state index in [-0.39, 0.29) is 0 Å². The van der Waals surface area contributed by atoms with E-state index in [9.17, 15) is 10.5 Å². The van der Waals surface area contributed by atoms with Crippen LogP contribution in [0, 0.1) is 34.5 Å². The van der Waals surface area contributed by atoms with Crippen LogP contribution in [0.4, 0.5) is 0 Å². The van der Waals surface area contributed by atoms with Gasteiger partial charge in [0.2, 0.25) is 0 Å². The van der Waals surface area contributed by atoms with Gasteiger partial charge in [-0.2, -0.15) is 10.5 Å². The quantitative estimate of drug-likeness (QED) is 0.165. The van der Waals surface area contributed by atoms with E-state index in [1.165, 1.54) is 73.6 Å². The molecule has 3 aromatic rings. The zero-order chi connectivity index (χ0) is 30.2. The summed E-state index contributed by atoms with van der Waals surface area (Å²) in [7, 11) is 0. The molecule has 0 spiro atoms. The molecule has 0 N–H and O–H groups in total. The Hall–Kier alpha value is -3.88. The van der Waals surface area contributed by atoms with Crippen molar-refractivity contribution in [3.05, 3.63) is 105 Å². The van der Waals surface area contributed by atoms with Crippen molar-refractivity contribution in [3.8, 4) is 12.1 Å². The highest BCUT2D eigenvalue weighted by Crippen LogP contribution is 2.30. The molecule has 0 amide bonds. The summed E-state index contributed by atoms with van der Waals surface area (Å²) < 4.78 is 0. The van der Waals surface area contributed by atoms with Crippen LogP contribution in [0.15, 0.2) is 60.7 Å². The standard InChI is InChI=1S/C40H48N2/c1-5-9-11-31(7-3)25-39-27-38(24-22-34-15-19-36(30-42)20-16-34)40(26-32(8-4)12-10-6-2)28-37(39)23-21-33-13-17-35(29-41)18-14-33/h13-24,27-28,31-32H,5-12,25-26H2,1-4H3/b23-21+,24-22+. The molecule has 2 heteroatoms. The first-order valence-corrected chi connectivity index (χ1v) is 16.1. The molecule has 0 aromatic heterocycles. The fourth-order valence-electron chi connectivity index (χ4n) is 5.61. The topological polar surface area (TPSA) is 47.6 Å². The van der Waals surface area contributed by atoms with E-state index in [1.807, 2.05) is 48.5 Å². The molecule has 0 radical (unpaired) electrons. The summed E-state index contributed by atoms with van der Waals surface area (Å²) in [5, 5.41) is 18.4. The van der Waals surface area contributed by atoms with Gasteiger partial charge in [-0.3, -0.25) is 0 Å². The van der Waals surface area contributed by atoms with Crippen LogP contribution < -0.4 is 0 Å². The molecule has 0 aliphatic carbocycles. The van der Waals surface area contributed by atoms with Gasteiger partial charge in [0, 0.05) is 0 Å². The lowest BCUT2D eigenvalue weighted by Crippen LogP contribution is -2.09. The Labute approximate surface area is 255 Å². The first kappa shape index (κ1) is 32.6. The van der Waals surface area contributed by atoms with Gasteiger partial charge in [-0.25, -0.2) is 0 Å². The predicted molar refractivity (Wildman–Crippen MR) is 181 cm³/mol. The second-order valence-electron chi connectivity index (χ2n) is 11.6. The van der Waals surface area contributed by atoms with Crippen molar-refractivity contribution in [2.24, 2.45) is 11.8 Å². The fourth-order valence-corrected chi connectivity index (χ4v) is 5.61. The summed E-state index contributed by atoms with van der Waals surface area (Å²) >= 11 is 0. The Morgan fingerprint density at radius 3 is 1.26 bits per heavy atom. The van der Waals surface area contributed by atoms with Crippen molar-refractivity contribution in [2.45, 2.75) is 91.9 Å². The molecule has 218 valence electrons. The molecule has 2 nitrogen and oxygen atoms in total. The molecule has 0 heterocycles. The van der Waals surface area contributed by atoms with Crippen LogP contribution in [0.2, 0.25) is 0 Å². The SMILES string of the molecule is CCCCC(CC)Cc1cc(/C=C/c2ccc(C#N)cc2)c(CC(CC)CCCC)cc1/C=C/c1ccc(C#N)cc1. The zero-order valence-corrected chi connectivity index (χ0v) is 26.2. The number of rotatable bonds is 16. The van der Waals surface area contributed by atoms with Crippen molar-refractivity contribution in [3.63, 3.8) is 0 Å². The van der Waals surface area contributed by atoms with E-state index >= 15 is 0 Å². The Morgan fingerprint density at radius 2 is 0.952 bits per heavy atom. The molecule has 0 fully saturated rings. The lowest BCUT2D eigenvalue weighted by molar-refractivity contribution is 0.446. The van der Waals surface area contributed by atoms with Gasteiger partial charge in [-0.15, -0.1) is 0 Å². The van der Waals surface area contributed by atoms with Crippen LogP contribution in [0.5, 0.6) is 0 Å². The van der Waals surface area contributed by atoms with E-state index in [1.54, 1.807) is 0 Å². The molecule has 42 heavy (non-hydrogen) atoms. The van der Waals surface area contributed by atoms with Crippen molar-refractivity contribution >= 4 is 24.3 Å². The van der Waals surface area contributed by atoms with Crippen LogP contribution in [0.1, 0.15) is 124 Å². The third kappa shape index (κ3) is 10.2. The van der Waals surface area contributed by atoms with Crippen molar-refractivity contribution < 1.29 is 0 Å². The summed E-state index contributed by atoms with van der Waals surface area (Å²) in [5.41, 5.74) is 9.04. The van der Waals surface area contributed by atoms with Crippen molar-refractivity contribution in [1.82, 2.24) is 0 Å². The normalized spacial score (nSPS) is 12.8. The van der Waals surface area contributed by atoms with Crippen LogP contribution in [0.3, 0.4) is 0 Å². The third-order valence-corrected chi connectivity index (χ3v) is 8.50. The van der Waals surface area contributed by atoms with Crippen LogP contribution >= 0.6 is 0 Å². The molecule has 2 unspecified atom stereocenters. The van der Waals surface area contributed by atoms with E-state index in [4.69, 9.17) is 0 Å². The highest BCUT2D eigenvalue weighted by molar-refractivity contribution is 5.76. The first-order valence-electron chi connectivity index (χ1n) is 16.1. The van der Waals surface area contributed by atoms with Gasteiger partial charge in [-0.1, -0.05) is 140 Å². The smallest absolute Gasteiger partial charge is 0.0991 e. The average molecular weight is 557 g/mol. The van der Waals surface area contributed by atoms with Crippen LogP contribution in [-0.4, -0.2) is 0 Å². The maximum atomic E-state index is 9.20. The van der Waals surface area contributed by atoms with Crippen molar-refractivity contribution in [2.75, 3.05) is 0 Å². The van der Waals surface area contributed by atoms with Gasteiger partial charge in [0.1, 0.15) is 0 Å². The number of nitriles is 2. The molecule has 0 saturated heterocycles. The Kier molecular flexibility index (Phi) is 13.9. The summed E-state index contributed by atoms with van der Waals surface area (Å²) in [4.78, 5) is 0. The zero-order valence-electron chi connectivity index (χ0n) is 26.2. The first-order chi connectivity index (χ1) is 20.5.